The SMILES string of the molecule is O=C1CCc2cc(C(=O)N3CCCCCC3)ccc2N1. The van der Waals surface area contributed by atoms with Gasteiger partial charge in [-0.05, 0) is 43.0 Å². The van der Waals surface area contributed by atoms with Crippen molar-refractivity contribution < 1.29 is 9.59 Å². The molecule has 2 heterocycles. The van der Waals surface area contributed by atoms with Gasteiger partial charge in [-0.3, -0.25) is 9.59 Å². The zero-order valence-electron chi connectivity index (χ0n) is 11.7. The molecule has 1 fully saturated rings. The predicted molar refractivity (Wildman–Crippen MR) is 77.8 cm³/mol. The van der Waals surface area contributed by atoms with Gasteiger partial charge in [-0.15, -0.1) is 0 Å². The molecular weight excluding hydrogens is 252 g/mol. The van der Waals surface area contributed by atoms with Crippen LogP contribution in [0.1, 0.15) is 48.0 Å². The van der Waals surface area contributed by atoms with Crippen LogP contribution in [0.15, 0.2) is 18.2 Å². The molecule has 0 atom stereocenters. The molecule has 0 aromatic heterocycles. The Morgan fingerprint density at radius 2 is 1.80 bits per heavy atom. The number of likely N-dealkylation sites (tertiary alicyclic amines) is 1. The zero-order valence-corrected chi connectivity index (χ0v) is 11.7. The molecule has 106 valence electrons. The van der Waals surface area contributed by atoms with E-state index in [1.54, 1.807) is 0 Å². The summed E-state index contributed by atoms with van der Waals surface area (Å²) in [5.41, 5.74) is 2.68. The summed E-state index contributed by atoms with van der Waals surface area (Å²) in [6.07, 6.45) is 5.89. The van der Waals surface area contributed by atoms with Crippen LogP contribution in [0.5, 0.6) is 0 Å². The molecule has 2 amide bonds. The maximum absolute atomic E-state index is 12.5. The van der Waals surface area contributed by atoms with Crippen LogP contribution in [0.25, 0.3) is 0 Å². The molecule has 3 rings (SSSR count). The molecule has 4 heteroatoms. The Bertz CT molecular complexity index is 531. The third kappa shape index (κ3) is 2.69. The van der Waals surface area contributed by atoms with E-state index in [9.17, 15) is 9.59 Å². The Hall–Kier alpha value is -1.84. The van der Waals surface area contributed by atoms with E-state index in [4.69, 9.17) is 0 Å². The monoisotopic (exact) mass is 272 g/mol. The summed E-state index contributed by atoms with van der Waals surface area (Å²) < 4.78 is 0. The maximum Gasteiger partial charge on any atom is 0.253 e. The van der Waals surface area contributed by atoms with Gasteiger partial charge in [0.1, 0.15) is 0 Å². The van der Waals surface area contributed by atoms with E-state index in [1.807, 2.05) is 23.1 Å². The lowest BCUT2D eigenvalue weighted by Crippen LogP contribution is -2.32. The fourth-order valence-electron chi connectivity index (χ4n) is 2.97. The van der Waals surface area contributed by atoms with Crippen molar-refractivity contribution in [2.45, 2.75) is 38.5 Å². The van der Waals surface area contributed by atoms with Crippen molar-refractivity contribution in [3.05, 3.63) is 29.3 Å². The van der Waals surface area contributed by atoms with Crippen molar-refractivity contribution >= 4 is 17.5 Å². The van der Waals surface area contributed by atoms with Crippen LogP contribution in [0.3, 0.4) is 0 Å². The molecule has 0 radical (unpaired) electrons. The fourth-order valence-corrected chi connectivity index (χ4v) is 2.97. The number of hydrogen-bond acceptors (Lipinski definition) is 2. The van der Waals surface area contributed by atoms with Crippen molar-refractivity contribution in [3.63, 3.8) is 0 Å². The van der Waals surface area contributed by atoms with Crippen LogP contribution in [-0.4, -0.2) is 29.8 Å². The van der Waals surface area contributed by atoms with Crippen molar-refractivity contribution in [1.82, 2.24) is 4.90 Å². The smallest absolute Gasteiger partial charge is 0.253 e. The number of nitrogens with zero attached hydrogens (tertiary/aromatic N) is 1. The van der Waals surface area contributed by atoms with Crippen LogP contribution >= 0.6 is 0 Å². The van der Waals surface area contributed by atoms with Crippen molar-refractivity contribution in [1.29, 1.82) is 0 Å². The average molecular weight is 272 g/mol. The number of carbonyl (C=O) groups is 2. The summed E-state index contributed by atoms with van der Waals surface area (Å²) in [4.78, 5) is 25.9. The lowest BCUT2D eigenvalue weighted by molar-refractivity contribution is -0.116. The number of amides is 2. The molecule has 0 saturated carbocycles. The number of hydrogen-bond donors (Lipinski definition) is 1. The van der Waals surface area contributed by atoms with E-state index in [-0.39, 0.29) is 11.8 Å². The molecule has 2 aliphatic heterocycles. The Morgan fingerprint density at radius 3 is 2.55 bits per heavy atom. The summed E-state index contributed by atoms with van der Waals surface area (Å²) in [6, 6.07) is 5.64. The van der Waals surface area contributed by atoms with Crippen LogP contribution in [0.4, 0.5) is 5.69 Å². The van der Waals surface area contributed by atoms with Gasteiger partial charge in [0, 0.05) is 30.8 Å². The largest absolute Gasteiger partial charge is 0.339 e. The standard InChI is InChI=1S/C16H20N2O2/c19-15-8-6-12-11-13(5-7-14(12)17-15)16(20)18-9-3-1-2-4-10-18/h5,7,11H,1-4,6,8-10H2,(H,17,19). The minimum absolute atomic E-state index is 0.0593. The highest BCUT2D eigenvalue weighted by atomic mass is 16.2. The predicted octanol–water partition coefficient (Wildman–Crippen LogP) is 2.59. The van der Waals surface area contributed by atoms with Crippen molar-refractivity contribution in [2.24, 2.45) is 0 Å². The molecule has 1 aromatic rings. The molecule has 1 aromatic carbocycles. The third-order valence-corrected chi connectivity index (χ3v) is 4.14. The lowest BCUT2D eigenvalue weighted by atomic mass is 10.00. The number of anilines is 1. The van der Waals surface area contributed by atoms with Crippen molar-refractivity contribution in [2.75, 3.05) is 18.4 Å². The molecule has 0 spiro atoms. The summed E-state index contributed by atoms with van der Waals surface area (Å²) in [5, 5.41) is 2.85. The van der Waals surface area contributed by atoms with E-state index in [1.165, 1.54) is 12.8 Å². The van der Waals surface area contributed by atoms with Crippen molar-refractivity contribution in [3.8, 4) is 0 Å². The zero-order chi connectivity index (χ0) is 13.9. The first kappa shape index (κ1) is 13.2. The van der Waals surface area contributed by atoms with Gasteiger partial charge in [-0.25, -0.2) is 0 Å². The van der Waals surface area contributed by atoms with Crippen LogP contribution < -0.4 is 5.32 Å². The first-order valence-corrected chi connectivity index (χ1v) is 7.46. The summed E-state index contributed by atoms with van der Waals surface area (Å²) in [6.45, 7) is 1.74. The second-order valence-corrected chi connectivity index (χ2v) is 5.63. The Balaban J connectivity index is 1.79. The van der Waals surface area contributed by atoms with Crippen LogP contribution in [-0.2, 0) is 11.2 Å². The van der Waals surface area contributed by atoms with Gasteiger partial charge < -0.3 is 10.2 Å². The Morgan fingerprint density at radius 1 is 1.05 bits per heavy atom. The first-order valence-electron chi connectivity index (χ1n) is 7.46. The number of aryl methyl sites for hydroxylation is 1. The van der Waals surface area contributed by atoms with Gasteiger partial charge in [-0.2, -0.15) is 0 Å². The summed E-state index contributed by atoms with van der Waals surface area (Å²) in [7, 11) is 0. The van der Waals surface area contributed by atoms with Gasteiger partial charge in [-0.1, -0.05) is 12.8 Å². The van der Waals surface area contributed by atoms with E-state index in [2.05, 4.69) is 5.32 Å². The molecular formula is C16H20N2O2. The molecule has 20 heavy (non-hydrogen) atoms. The van der Waals surface area contributed by atoms with Gasteiger partial charge in [0.25, 0.3) is 5.91 Å². The average Bonchev–Trinajstić information content (AvgIpc) is 2.75. The highest BCUT2D eigenvalue weighted by Crippen LogP contribution is 2.24. The highest BCUT2D eigenvalue weighted by molar-refractivity contribution is 5.98. The maximum atomic E-state index is 12.5. The molecule has 1 saturated heterocycles. The number of nitrogens with one attached hydrogen (secondary N) is 1. The van der Waals surface area contributed by atoms with Crippen LogP contribution in [0, 0.1) is 0 Å². The first-order chi connectivity index (χ1) is 9.74. The quantitative estimate of drug-likeness (QED) is 0.854. The molecule has 0 aliphatic carbocycles. The van der Waals surface area contributed by atoms with Gasteiger partial charge in [0.15, 0.2) is 0 Å². The number of fused-ring (bicyclic) bond motifs is 1. The minimum atomic E-state index is 0.0593. The van der Waals surface area contributed by atoms with Gasteiger partial charge in [0.05, 0.1) is 0 Å². The summed E-state index contributed by atoms with van der Waals surface area (Å²) >= 11 is 0. The molecule has 0 unspecified atom stereocenters. The second kappa shape index (κ2) is 5.65. The van der Waals surface area contributed by atoms with Gasteiger partial charge in [0.2, 0.25) is 5.91 Å². The molecule has 0 bridgehead atoms. The normalized spacial score (nSPS) is 19.0. The van der Waals surface area contributed by atoms with E-state index < -0.39 is 0 Å². The van der Waals surface area contributed by atoms with E-state index in [0.29, 0.717) is 6.42 Å². The number of rotatable bonds is 1. The highest BCUT2D eigenvalue weighted by Gasteiger charge is 2.20. The second-order valence-electron chi connectivity index (χ2n) is 5.63. The molecule has 2 aliphatic rings. The topological polar surface area (TPSA) is 49.4 Å². The van der Waals surface area contributed by atoms with Crippen LogP contribution in [0.2, 0.25) is 0 Å². The van der Waals surface area contributed by atoms with E-state index in [0.717, 1.165) is 49.2 Å². The third-order valence-electron chi connectivity index (χ3n) is 4.14. The fraction of sp³-hybridized carbons (Fsp3) is 0.500. The molecule has 1 N–H and O–H groups in total. The number of benzene rings is 1. The van der Waals surface area contributed by atoms with E-state index >= 15 is 0 Å². The molecule has 4 nitrogen and oxygen atoms in total. The Labute approximate surface area is 119 Å². The number of carbonyl (C=O) groups excluding carboxylic acids is 2. The Kier molecular flexibility index (Phi) is 3.72. The minimum Gasteiger partial charge on any atom is -0.339 e. The van der Waals surface area contributed by atoms with Gasteiger partial charge >= 0.3 is 0 Å². The summed E-state index contributed by atoms with van der Waals surface area (Å²) in [5.74, 6) is 0.190. The lowest BCUT2D eigenvalue weighted by Gasteiger charge is -2.22.